The van der Waals surface area contributed by atoms with Crippen LogP contribution in [0, 0.1) is 0 Å². The molecule has 1 N–H and O–H groups in total. The molecule has 0 atom stereocenters. The van der Waals surface area contributed by atoms with E-state index in [1.165, 1.54) is 6.42 Å². The first-order valence-corrected chi connectivity index (χ1v) is 5.71. The summed E-state index contributed by atoms with van der Waals surface area (Å²) in [7, 11) is 0. The Bertz CT molecular complexity index is 284. The number of nitrogens with one attached hydrogen (secondary N) is 1. The maximum absolute atomic E-state index is 5.63. The molecule has 1 rings (SSSR count). The van der Waals surface area contributed by atoms with Gasteiger partial charge < -0.3 is 10.1 Å². The number of anilines is 1. The highest BCUT2D eigenvalue weighted by molar-refractivity contribution is 5.48. The topological polar surface area (TPSA) is 21.3 Å². The molecule has 0 aromatic heterocycles. The Hall–Kier alpha value is -1.18. The van der Waals surface area contributed by atoms with Crippen molar-refractivity contribution in [3.63, 3.8) is 0 Å². The van der Waals surface area contributed by atoms with Crippen molar-refractivity contribution in [1.29, 1.82) is 0 Å². The molecular formula is C13H21NO. The van der Waals surface area contributed by atoms with E-state index in [-0.39, 0.29) is 0 Å². The molecule has 0 heterocycles. The van der Waals surface area contributed by atoms with Gasteiger partial charge in [0.05, 0.1) is 6.61 Å². The van der Waals surface area contributed by atoms with Crippen LogP contribution in [-0.4, -0.2) is 12.6 Å². The van der Waals surface area contributed by atoms with Crippen molar-refractivity contribution in [2.24, 2.45) is 0 Å². The average Bonchev–Trinajstić information content (AvgIpc) is 2.18. The van der Waals surface area contributed by atoms with Gasteiger partial charge in [-0.1, -0.05) is 19.4 Å². The lowest BCUT2D eigenvalue weighted by Crippen LogP contribution is -2.09. The van der Waals surface area contributed by atoms with Crippen LogP contribution < -0.4 is 10.1 Å². The zero-order valence-corrected chi connectivity index (χ0v) is 9.92. The molecule has 0 spiro atoms. The van der Waals surface area contributed by atoms with Crippen molar-refractivity contribution in [3.05, 3.63) is 24.3 Å². The molecule has 0 aliphatic rings. The maximum Gasteiger partial charge on any atom is 0.121 e. The van der Waals surface area contributed by atoms with E-state index in [1.54, 1.807) is 0 Å². The van der Waals surface area contributed by atoms with Gasteiger partial charge in [-0.3, -0.25) is 0 Å². The van der Waals surface area contributed by atoms with E-state index in [0.29, 0.717) is 6.04 Å². The van der Waals surface area contributed by atoms with E-state index in [9.17, 15) is 0 Å². The smallest absolute Gasteiger partial charge is 0.121 e. The van der Waals surface area contributed by atoms with Crippen LogP contribution in [0.5, 0.6) is 5.75 Å². The lowest BCUT2D eigenvalue weighted by molar-refractivity contribution is 0.309. The predicted molar refractivity (Wildman–Crippen MR) is 65.6 cm³/mol. The van der Waals surface area contributed by atoms with Crippen molar-refractivity contribution in [2.45, 2.75) is 39.7 Å². The molecule has 0 aliphatic heterocycles. The third kappa shape index (κ3) is 4.73. The molecule has 0 aliphatic carbocycles. The van der Waals surface area contributed by atoms with Gasteiger partial charge in [-0.2, -0.15) is 0 Å². The van der Waals surface area contributed by atoms with Crippen LogP contribution in [-0.2, 0) is 0 Å². The summed E-state index contributed by atoms with van der Waals surface area (Å²) in [6.07, 6.45) is 2.28. The summed E-state index contributed by atoms with van der Waals surface area (Å²) in [5.74, 6) is 0.953. The summed E-state index contributed by atoms with van der Waals surface area (Å²) >= 11 is 0. The predicted octanol–water partition coefficient (Wildman–Crippen LogP) is 3.69. The molecule has 0 saturated heterocycles. The van der Waals surface area contributed by atoms with Crippen LogP contribution in [0.4, 0.5) is 5.69 Å². The quantitative estimate of drug-likeness (QED) is 0.718. The fraction of sp³-hybridized carbons (Fsp3) is 0.538. The number of hydrogen-bond acceptors (Lipinski definition) is 2. The first-order chi connectivity index (χ1) is 7.22. The van der Waals surface area contributed by atoms with Crippen molar-refractivity contribution < 1.29 is 4.74 Å². The fourth-order valence-electron chi connectivity index (χ4n) is 1.34. The molecule has 15 heavy (non-hydrogen) atoms. The Labute approximate surface area is 92.6 Å². The van der Waals surface area contributed by atoms with Crippen LogP contribution in [0.2, 0.25) is 0 Å². The first-order valence-electron chi connectivity index (χ1n) is 5.71. The molecule has 0 bridgehead atoms. The monoisotopic (exact) mass is 207 g/mol. The number of rotatable bonds is 6. The Morgan fingerprint density at radius 3 is 2.80 bits per heavy atom. The Morgan fingerprint density at radius 1 is 1.33 bits per heavy atom. The zero-order chi connectivity index (χ0) is 11.1. The Balaban J connectivity index is 2.50. The molecule has 0 unspecified atom stereocenters. The summed E-state index contributed by atoms with van der Waals surface area (Å²) < 4.78 is 5.63. The molecule has 2 heteroatoms. The summed E-state index contributed by atoms with van der Waals surface area (Å²) in [4.78, 5) is 0. The van der Waals surface area contributed by atoms with Crippen LogP contribution in [0.3, 0.4) is 0 Å². The van der Waals surface area contributed by atoms with Gasteiger partial charge in [-0.25, -0.2) is 0 Å². The molecule has 0 saturated carbocycles. The number of hydrogen-bond donors (Lipinski definition) is 1. The zero-order valence-electron chi connectivity index (χ0n) is 9.92. The SMILES string of the molecule is CCCCOc1cccc(NC(C)C)c1. The molecule has 1 aromatic carbocycles. The molecule has 1 aromatic rings. The standard InChI is InChI=1S/C13H21NO/c1-4-5-9-15-13-8-6-7-12(10-13)14-11(2)3/h6-8,10-11,14H,4-5,9H2,1-3H3. The van der Waals surface area contributed by atoms with Gasteiger partial charge in [0.1, 0.15) is 5.75 Å². The van der Waals surface area contributed by atoms with E-state index in [1.807, 2.05) is 12.1 Å². The summed E-state index contributed by atoms with van der Waals surface area (Å²) in [5, 5.41) is 3.36. The fourth-order valence-corrected chi connectivity index (χ4v) is 1.34. The molecule has 84 valence electrons. The Morgan fingerprint density at radius 2 is 2.13 bits per heavy atom. The number of ether oxygens (including phenoxy) is 1. The number of unbranched alkanes of at least 4 members (excludes halogenated alkanes) is 1. The van der Waals surface area contributed by atoms with Gasteiger partial charge in [0, 0.05) is 17.8 Å². The van der Waals surface area contributed by atoms with E-state index < -0.39 is 0 Å². The number of benzene rings is 1. The third-order valence-corrected chi connectivity index (χ3v) is 2.06. The minimum absolute atomic E-state index is 0.455. The summed E-state index contributed by atoms with van der Waals surface area (Å²) in [6, 6.07) is 8.59. The van der Waals surface area contributed by atoms with Gasteiger partial charge in [0.15, 0.2) is 0 Å². The lowest BCUT2D eigenvalue weighted by Gasteiger charge is -2.11. The van der Waals surface area contributed by atoms with Crippen LogP contribution in [0.1, 0.15) is 33.6 Å². The first kappa shape index (κ1) is 11.9. The Kier molecular flexibility index (Phi) is 5.02. The summed E-state index contributed by atoms with van der Waals surface area (Å²) in [6.45, 7) is 7.23. The van der Waals surface area contributed by atoms with Gasteiger partial charge in [0.2, 0.25) is 0 Å². The highest BCUT2D eigenvalue weighted by atomic mass is 16.5. The van der Waals surface area contributed by atoms with Crippen molar-refractivity contribution >= 4 is 5.69 Å². The largest absolute Gasteiger partial charge is 0.494 e. The second-order valence-electron chi connectivity index (χ2n) is 4.03. The van der Waals surface area contributed by atoms with Crippen molar-refractivity contribution in [3.8, 4) is 5.75 Å². The maximum atomic E-state index is 5.63. The lowest BCUT2D eigenvalue weighted by atomic mass is 10.2. The van der Waals surface area contributed by atoms with Gasteiger partial charge in [0.25, 0.3) is 0 Å². The van der Waals surface area contributed by atoms with Crippen LogP contribution in [0.15, 0.2) is 24.3 Å². The second kappa shape index (κ2) is 6.33. The van der Waals surface area contributed by atoms with E-state index >= 15 is 0 Å². The minimum Gasteiger partial charge on any atom is -0.494 e. The van der Waals surface area contributed by atoms with Crippen molar-refractivity contribution in [1.82, 2.24) is 0 Å². The minimum atomic E-state index is 0.455. The highest BCUT2D eigenvalue weighted by Gasteiger charge is 1.97. The van der Waals surface area contributed by atoms with E-state index in [4.69, 9.17) is 4.74 Å². The molecule has 0 amide bonds. The van der Waals surface area contributed by atoms with E-state index in [2.05, 4.69) is 38.2 Å². The van der Waals surface area contributed by atoms with E-state index in [0.717, 1.165) is 24.5 Å². The summed E-state index contributed by atoms with van der Waals surface area (Å²) in [5.41, 5.74) is 1.12. The molecular weight excluding hydrogens is 186 g/mol. The van der Waals surface area contributed by atoms with Gasteiger partial charge >= 0.3 is 0 Å². The normalized spacial score (nSPS) is 10.4. The average molecular weight is 207 g/mol. The molecule has 0 radical (unpaired) electrons. The third-order valence-electron chi connectivity index (χ3n) is 2.06. The van der Waals surface area contributed by atoms with Crippen molar-refractivity contribution in [2.75, 3.05) is 11.9 Å². The van der Waals surface area contributed by atoms with Crippen LogP contribution in [0.25, 0.3) is 0 Å². The molecule has 2 nitrogen and oxygen atoms in total. The van der Waals surface area contributed by atoms with Crippen LogP contribution >= 0.6 is 0 Å². The second-order valence-corrected chi connectivity index (χ2v) is 4.03. The highest BCUT2D eigenvalue weighted by Crippen LogP contribution is 2.18. The van der Waals surface area contributed by atoms with Gasteiger partial charge in [-0.05, 0) is 32.4 Å². The van der Waals surface area contributed by atoms with Gasteiger partial charge in [-0.15, -0.1) is 0 Å². The molecule has 0 fully saturated rings.